The fraction of sp³-hybridized carbons (Fsp3) is 0.308. The summed E-state index contributed by atoms with van der Waals surface area (Å²) in [6.45, 7) is 1.23. The largest absolute Gasteiger partial charge is 0.481 e. The molecule has 11 heteroatoms. The highest BCUT2D eigenvalue weighted by Crippen LogP contribution is 2.20. The van der Waals surface area contributed by atoms with Gasteiger partial charge >= 0.3 is 11.9 Å². The van der Waals surface area contributed by atoms with Gasteiger partial charge in [-0.2, -0.15) is 0 Å². The standard InChI is InChI=1S/C13H16N2O7S2/c1-9(16)14-10-4-2-3-5-11(10)24(20,21)15-22-13(19)6-7-23-8-12(17)18/h2-5,15H,6-8H2,1H3,(H,14,16)(H,17,18). The number of para-hydroxylation sites is 1. The molecule has 1 amide bonds. The van der Waals surface area contributed by atoms with E-state index in [4.69, 9.17) is 5.11 Å². The zero-order valence-corrected chi connectivity index (χ0v) is 14.3. The highest BCUT2D eigenvalue weighted by molar-refractivity contribution is 7.99. The van der Waals surface area contributed by atoms with Crippen LogP contribution in [0.2, 0.25) is 0 Å². The first-order valence-electron chi connectivity index (χ1n) is 6.60. The summed E-state index contributed by atoms with van der Waals surface area (Å²) >= 11 is 1.00. The number of carbonyl (C=O) groups is 3. The minimum absolute atomic E-state index is 0.0468. The van der Waals surface area contributed by atoms with Gasteiger partial charge in [0.2, 0.25) is 5.91 Å². The van der Waals surface area contributed by atoms with Crippen LogP contribution in [-0.4, -0.2) is 42.9 Å². The van der Waals surface area contributed by atoms with Gasteiger partial charge in [0.25, 0.3) is 10.0 Å². The van der Waals surface area contributed by atoms with Crippen LogP contribution < -0.4 is 10.2 Å². The van der Waals surface area contributed by atoms with Crippen molar-refractivity contribution in [3.63, 3.8) is 0 Å². The van der Waals surface area contributed by atoms with Crippen molar-refractivity contribution in [1.82, 2.24) is 4.89 Å². The minimum Gasteiger partial charge on any atom is -0.481 e. The van der Waals surface area contributed by atoms with Crippen molar-refractivity contribution in [1.29, 1.82) is 0 Å². The number of carboxylic acid groups (broad SMARTS) is 1. The summed E-state index contributed by atoms with van der Waals surface area (Å²) in [5.41, 5.74) is 0.0468. The smallest absolute Gasteiger partial charge is 0.327 e. The SMILES string of the molecule is CC(=O)Nc1ccccc1S(=O)(=O)NOC(=O)CCSCC(=O)O. The van der Waals surface area contributed by atoms with Crippen LogP contribution in [0.25, 0.3) is 0 Å². The molecular weight excluding hydrogens is 360 g/mol. The van der Waals surface area contributed by atoms with E-state index in [0.29, 0.717) is 0 Å². The third-order valence-corrected chi connectivity index (χ3v) is 4.61. The molecule has 0 saturated heterocycles. The Labute approximate surface area is 142 Å². The number of carboxylic acids is 1. The first-order chi connectivity index (χ1) is 11.2. The Morgan fingerprint density at radius 2 is 1.92 bits per heavy atom. The maximum Gasteiger partial charge on any atom is 0.327 e. The molecule has 0 saturated carbocycles. The zero-order chi connectivity index (χ0) is 18.2. The second-order valence-electron chi connectivity index (χ2n) is 4.43. The maximum atomic E-state index is 12.1. The number of thioether (sulfide) groups is 1. The number of hydrogen-bond donors (Lipinski definition) is 3. The Hall–Kier alpha value is -2.11. The molecular formula is C13H16N2O7S2. The molecule has 9 nitrogen and oxygen atoms in total. The first-order valence-corrected chi connectivity index (χ1v) is 9.24. The van der Waals surface area contributed by atoms with E-state index < -0.39 is 27.9 Å². The van der Waals surface area contributed by atoms with Crippen molar-refractivity contribution in [2.45, 2.75) is 18.2 Å². The number of amides is 1. The molecule has 1 aromatic carbocycles. The second kappa shape index (κ2) is 9.25. The molecule has 0 fully saturated rings. The first kappa shape index (κ1) is 19.9. The van der Waals surface area contributed by atoms with E-state index in [-0.39, 0.29) is 28.5 Å². The maximum absolute atomic E-state index is 12.1. The van der Waals surface area contributed by atoms with E-state index in [9.17, 15) is 22.8 Å². The van der Waals surface area contributed by atoms with E-state index in [2.05, 4.69) is 10.2 Å². The van der Waals surface area contributed by atoms with Crippen molar-refractivity contribution in [3.05, 3.63) is 24.3 Å². The van der Waals surface area contributed by atoms with Crippen LogP contribution in [0, 0.1) is 0 Å². The number of aliphatic carboxylic acids is 1. The van der Waals surface area contributed by atoms with Gasteiger partial charge in [0.05, 0.1) is 17.9 Å². The normalized spacial score (nSPS) is 10.9. The number of nitrogens with one attached hydrogen (secondary N) is 2. The second-order valence-corrected chi connectivity index (χ2v) is 7.15. The van der Waals surface area contributed by atoms with E-state index in [0.717, 1.165) is 11.8 Å². The summed E-state index contributed by atoms with van der Waals surface area (Å²) < 4.78 is 24.3. The molecule has 24 heavy (non-hydrogen) atoms. The molecule has 3 N–H and O–H groups in total. The van der Waals surface area contributed by atoms with Crippen LogP contribution in [0.1, 0.15) is 13.3 Å². The lowest BCUT2D eigenvalue weighted by atomic mass is 10.3. The number of hydrogen-bond acceptors (Lipinski definition) is 7. The summed E-state index contributed by atoms with van der Waals surface area (Å²) in [5.74, 6) is -2.31. The quantitative estimate of drug-likeness (QED) is 0.420. The molecule has 0 spiro atoms. The summed E-state index contributed by atoms with van der Waals surface area (Å²) in [6, 6.07) is 5.62. The third kappa shape index (κ3) is 6.98. The van der Waals surface area contributed by atoms with Crippen LogP contribution in [0.3, 0.4) is 0 Å². The number of anilines is 1. The Kier molecular flexibility index (Phi) is 7.68. The van der Waals surface area contributed by atoms with Gasteiger partial charge in [-0.25, -0.2) is 8.42 Å². The summed E-state index contributed by atoms with van der Waals surface area (Å²) in [4.78, 5) is 38.8. The number of carbonyl (C=O) groups excluding carboxylic acids is 2. The molecule has 0 unspecified atom stereocenters. The summed E-state index contributed by atoms with van der Waals surface area (Å²) in [7, 11) is -4.18. The Bertz CT molecular complexity index is 719. The minimum atomic E-state index is -4.18. The van der Waals surface area contributed by atoms with Gasteiger partial charge in [0.1, 0.15) is 4.90 Å². The third-order valence-electron chi connectivity index (χ3n) is 2.43. The molecule has 0 atom stereocenters. The van der Waals surface area contributed by atoms with Gasteiger partial charge in [0, 0.05) is 12.7 Å². The summed E-state index contributed by atoms with van der Waals surface area (Å²) in [6.07, 6.45) is -0.159. The van der Waals surface area contributed by atoms with E-state index in [1.807, 2.05) is 0 Å². The fourth-order valence-corrected chi connectivity index (χ4v) is 3.09. The monoisotopic (exact) mass is 376 g/mol. The molecule has 0 aliphatic carbocycles. The van der Waals surface area contributed by atoms with Crippen LogP contribution in [0.4, 0.5) is 5.69 Å². The molecule has 0 bridgehead atoms. The van der Waals surface area contributed by atoms with Crippen molar-refractivity contribution in [3.8, 4) is 0 Å². The van der Waals surface area contributed by atoms with Gasteiger partial charge in [0.15, 0.2) is 0 Å². The average molecular weight is 376 g/mol. The van der Waals surface area contributed by atoms with Crippen LogP contribution in [0.5, 0.6) is 0 Å². The Morgan fingerprint density at radius 3 is 2.54 bits per heavy atom. The highest BCUT2D eigenvalue weighted by Gasteiger charge is 2.20. The molecule has 0 aliphatic rings. The molecule has 1 rings (SSSR count). The van der Waals surface area contributed by atoms with Gasteiger partial charge in [-0.3, -0.25) is 14.4 Å². The molecule has 132 valence electrons. The lowest BCUT2D eigenvalue weighted by molar-refractivity contribution is -0.146. The van der Waals surface area contributed by atoms with Crippen LogP contribution >= 0.6 is 11.8 Å². The van der Waals surface area contributed by atoms with Gasteiger partial charge in [-0.15, -0.1) is 11.8 Å². The fourth-order valence-electron chi connectivity index (χ4n) is 1.51. The lowest BCUT2D eigenvalue weighted by Crippen LogP contribution is -2.28. The average Bonchev–Trinajstić information content (AvgIpc) is 2.49. The molecule has 0 aromatic heterocycles. The number of sulfonamides is 1. The van der Waals surface area contributed by atoms with Crippen molar-refractivity contribution in [2.24, 2.45) is 0 Å². The van der Waals surface area contributed by atoms with Crippen molar-refractivity contribution in [2.75, 3.05) is 16.8 Å². The highest BCUT2D eigenvalue weighted by atomic mass is 32.2. The molecule has 0 heterocycles. The Balaban J connectivity index is 2.62. The molecule has 0 radical (unpaired) electrons. The molecule has 0 aliphatic heterocycles. The van der Waals surface area contributed by atoms with Crippen LogP contribution in [0.15, 0.2) is 29.2 Å². The van der Waals surface area contributed by atoms with E-state index in [1.165, 1.54) is 31.2 Å². The predicted molar refractivity (Wildman–Crippen MR) is 86.7 cm³/mol. The van der Waals surface area contributed by atoms with Crippen molar-refractivity contribution >= 4 is 45.3 Å². The topological polar surface area (TPSA) is 139 Å². The lowest BCUT2D eigenvalue weighted by Gasteiger charge is -2.11. The van der Waals surface area contributed by atoms with Gasteiger partial charge in [-0.1, -0.05) is 12.1 Å². The number of benzene rings is 1. The van der Waals surface area contributed by atoms with E-state index in [1.54, 1.807) is 4.89 Å². The zero-order valence-electron chi connectivity index (χ0n) is 12.6. The van der Waals surface area contributed by atoms with Crippen LogP contribution in [-0.2, 0) is 29.2 Å². The van der Waals surface area contributed by atoms with Gasteiger partial charge < -0.3 is 15.3 Å². The van der Waals surface area contributed by atoms with Crippen molar-refractivity contribution < 1.29 is 32.7 Å². The number of rotatable bonds is 9. The van der Waals surface area contributed by atoms with E-state index >= 15 is 0 Å². The summed E-state index contributed by atoms with van der Waals surface area (Å²) in [5, 5.41) is 10.8. The molecule has 1 aromatic rings. The Morgan fingerprint density at radius 1 is 1.25 bits per heavy atom. The predicted octanol–water partition coefficient (Wildman–Crippen LogP) is 0.589. The van der Waals surface area contributed by atoms with Gasteiger partial charge in [-0.05, 0) is 17.0 Å².